The molecule has 0 saturated heterocycles. The first-order valence-electron chi connectivity index (χ1n) is 2.27. The summed E-state index contributed by atoms with van der Waals surface area (Å²) in [5, 5.41) is 0. The fourth-order valence-electron chi connectivity index (χ4n) is 0.639. The topological polar surface area (TPSA) is 12.9 Å². The Kier molecular flexibility index (Phi) is 0.856. The van der Waals surface area contributed by atoms with Gasteiger partial charge >= 0.3 is 0 Å². The first kappa shape index (κ1) is 4.47. The van der Waals surface area contributed by atoms with Crippen LogP contribution in [0.15, 0.2) is 18.2 Å². The molecule has 0 spiro atoms. The van der Waals surface area contributed by atoms with Crippen molar-refractivity contribution in [1.29, 1.82) is 0 Å². The van der Waals surface area contributed by atoms with E-state index in [-0.39, 0.29) is 0 Å². The molecule has 1 heterocycles. The number of aromatic nitrogens is 1. The summed E-state index contributed by atoms with van der Waals surface area (Å²) in [5.74, 6) is 0. The van der Waals surface area contributed by atoms with Crippen molar-refractivity contribution in [3.63, 3.8) is 0 Å². The summed E-state index contributed by atoms with van der Waals surface area (Å²) in [5.41, 5.74) is 1.14. The minimum atomic E-state index is 1.14. The molecule has 2 aliphatic rings. The van der Waals surface area contributed by atoms with Crippen molar-refractivity contribution >= 4 is 20.9 Å². The SMILES string of the molecule is c1cc2nssc-2c1. The Morgan fingerprint density at radius 2 is 2.38 bits per heavy atom. The van der Waals surface area contributed by atoms with Gasteiger partial charge in [0.2, 0.25) is 0 Å². The van der Waals surface area contributed by atoms with Crippen LogP contribution in [0, 0.1) is 0 Å². The molecule has 3 heteroatoms. The van der Waals surface area contributed by atoms with E-state index in [1.807, 2.05) is 12.1 Å². The van der Waals surface area contributed by atoms with Crippen LogP contribution in [0.3, 0.4) is 0 Å². The monoisotopic (exact) mass is 141 g/mol. The molecule has 2 rings (SSSR count). The van der Waals surface area contributed by atoms with E-state index in [0.29, 0.717) is 0 Å². The van der Waals surface area contributed by atoms with Crippen molar-refractivity contribution in [2.75, 3.05) is 0 Å². The zero-order valence-corrected chi connectivity index (χ0v) is 5.63. The zero-order chi connectivity index (χ0) is 5.40. The van der Waals surface area contributed by atoms with Crippen molar-refractivity contribution in [3.05, 3.63) is 18.2 Å². The van der Waals surface area contributed by atoms with Crippen LogP contribution in [0.5, 0.6) is 0 Å². The van der Waals surface area contributed by atoms with Crippen molar-refractivity contribution in [2.24, 2.45) is 0 Å². The lowest BCUT2D eigenvalue weighted by atomic mass is 10.5. The summed E-state index contributed by atoms with van der Waals surface area (Å²) in [6, 6.07) is 6.15. The van der Waals surface area contributed by atoms with Gasteiger partial charge in [0.1, 0.15) is 0 Å². The molecule has 0 aromatic carbocycles. The summed E-state index contributed by atoms with van der Waals surface area (Å²) in [6.07, 6.45) is 0. The molecule has 0 unspecified atom stereocenters. The van der Waals surface area contributed by atoms with Crippen molar-refractivity contribution in [1.82, 2.24) is 4.37 Å². The molecule has 0 amide bonds. The van der Waals surface area contributed by atoms with Gasteiger partial charge in [0.05, 0.1) is 10.6 Å². The van der Waals surface area contributed by atoms with Gasteiger partial charge in [-0.25, -0.2) is 0 Å². The van der Waals surface area contributed by atoms with E-state index in [2.05, 4.69) is 10.4 Å². The van der Waals surface area contributed by atoms with Gasteiger partial charge in [0.25, 0.3) is 0 Å². The Bertz CT molecular complexity index is 202. The van der Waals surface area contributed by atoms with E-state index in [4.69, 9.17) is 0 Å². The van der Waals surface area contributed by atoms with Crippen LogP contribution in [0.4, 0.5) is 0 Å². The molecule has 1 nitrogen and oxygen atoms in total. The van der Waals surface area contributed by atoms with Crippen LogP contribution in [-0.2, 0) is 0 Å². The van der Waals surface area contributed by atoms with Crippen LogP contribution in [0.25, 0.3) is 10.6 Å². The molecule has 0 bridgehead atoms. The molecule has 1 aliphatic carbocycles. The van der Waals surface area contributed by atoms with E-state index < -0.39 is 0 Å². The molecule has 0 N–H and O–H groups in total. The predicted octanol–water partition coefficient (Wildman–Crippen LogP) is 2.31. The molecule has 0 saturated carbocycles. The normalized spacial score (nSPS) is 10.5. The second kappa shape index (κ2) is 1.53. The maximum Gasteiger partial charge on any atom is 0.0949 e. The van der Waals surface area contributed by atoms with E-state index in [1.54, 1.807) is 20.9 Å². The van der Waals surface area contributed by atoms with E-state index >= 15 is 0 Å². The Hall–Kier alpha value is -0.410. The lowest BCUT2D eigenvalue weighted by Gasteiger charge is -1.73. The number of hydrogen-bond donors (Lipinski definition) is 0. The first-order valence-corrected chi connectivity index (χ1v) is 4.38. The molecule has 0 aromatic rings. The van der Waals surface area contributed by atoms with Crippen LogP contribution < -0.4 is 0 Å². The smallest absolute Gasteiger partial charge is 0.0949 e. The predicted molar refractivity (Wildman–Crippen MR) is 36.6 cm³/mol. The fraction of sp³-hybridized carbons (Fsp3) is 0. The third kappa shape index (κ3) is 0.485. The lowest BCUT2D eigenvalue weighted by molar-refractivity contribution is 1.59. The molecule has 1 aliphatic heterocycles. The minimum absolute atomic E-state index is 1.14. The van der Waals surface area contributed by atoms with Gasteiger partial charge in [0.15, 0.2) is 0 Å². The van der Waals surface area contributed by atoms with Crippen LogP contribution in [0.2, 0.25) is 0 Å². The van der Waals surface area contributed by atoms with Gasteiger partial charge in [0, 0.05) is 10.5 Å². The summed E-state index contributed by atoms with van der Waals surface area (Å²) in [6.45, 7) is 0. The molecule has 0 radical (unpaired) electrons. The molecule has 8 heavy (non-hydrogen) atoms. The molecule has 0 aromatic heterocycles. The quantitative estimate of drug-likeness (QED) is 0.513. The molecule has 0 atom stereocenters. The average Bonchev–Trinajstić information content (AvgIpc) is 2.15. The minimum Gasteiger partial charge on any atom is -0.181 e. The highest BCUT2D eigenvalue weighted by Crippen LogP contribution is 2.28. The standard InChI is InChI=1S/C5H3NS2/c1-2-4-5(3-1)7-8-6-4/h1-3H. The van der Waals surface area contributed by atoms with Crippen LogP contribution in [-0.4, -0.2) is 4.37 Å². The fourth-order valence-corrected chi connectivity index (χ4v) is 2.40. The van der Waals surface area contributed by atoms with Gasteiger partial charge in [-0.1, -0.05) is 16.4 Å². The lowest BCUT2D eigenvalue weighted by Crippen LogP contribution is -1.57. The maximum atomic E-state index is 4.14. The third-order valence-electron chi connectivity index (χ3n) is 1.02. The van der Waals surface area contributed by atoms with Gasteiger partial charge < -0.3 is 0 Å². The number of hydrogen-bond acceptors (Lipinski definition) is 3. The van der Waals surface area contributed by atoms with Crippen LogP contribution >= 0.6 is 20.9 Å². The molecule has 40 valence electrons. The van der Waals surface area contributed by atoms with E-state index in [9.17, 15) is 0 Å². The maximum absolute atomic E-state index is 4.14. The Morgan fingerprint density at radius 3 is 3.25 bits per heavy atom. The number of nitrogens with zero attached hydrogens (tertiary/aromatic N) is 1. The Balaban J connectivity index is 2.84. The molecule has 0 fully saturated rings. The summed E-state index contributed by atoms with van der Waals surface area (Å²) in [7, 11) is 3.28. The van der Waals surface area contributed by atoms with Crippen molar-refractivity contribution in [3.8, 4) is 10.6 Å². The van der Waals surface area contributed by atoms with Gasteiger partial charge in [-0.15, -0.1) is 0 Å². The number of fused-ring (bicyclic) bond motifs is 1. The van der Waals surface area contributed by atoms with Crippen molar-refractivity contribution in [2.45, 2.75) is 0 Å². The van der Waals surface area contributed by atoms with E-state index in [1.165, 1.54) is 4.88 Å². The van der Waals surface area contributed by atoms with Gasteiger partial charge in [-0.3, -0.25) is 0 Å². The highest BCUT2D eigenvalue weighted by Gasteiger charge is 2.02. The largest absolute Gasteiger partial charge is 0.181 e. The Labute approximate surface area is 54.5 Å². The van der Waals surface area contributed by atoms with E-state index in [0.717, 1.165) is 5.69 Å². The molecular formula is C5H3NS2. The highest BCUT2D eigenvalue weighted by atomic mass is 32.9. The number of rotatable bonds is 0. The van der Waals surface area contributed by atoms with Crippen LogP contribution in [0.1, 0.15) is 0 Å². The first-order chi connectivity index (χ1) is 3.97. The second-order valence-electron chi connectivity index (χ2n) is 1.52. The summed E-state index contributed by atoms with van der Waals surface area (Å²) >= 11 is 0. The average molecular weight is 141 g/mol. The third-order valence-corrected chi connectivity index (χ3v) is 2.87. The molecular weight excluding hydrogens is 138 g/mol. The highest BCUT2D eigenvalue weighted by molar-refractivity contribution is 7.68. The van der Waals surface area contributed by atoms with Gasteiger partial charge in [-0.2, -0.15) is 4.37 Å². The second-order valence-corrected chi connectivity index (χ2v) is 3.41. The Morgan fingerprint density at radius 1 is 1.38 bits per heavy atom. The zero-order valence-electron chi connectivity index (χ0n) is 4.00. The summed E-state index contributed by atoms with van der Waals surface area (Å²) < 4.78 is 4.14. The summed E-state index contributed by atoms with van der Waals surface area (Å²) in [4.78, 5) is 1.30. The van der Waals surface area contributed by atoms with Crippen molar-refractivity contribution < 1.29 is 0 Å². The van der Waals surface area contributed by atoms with Gasteiger partial charge in [-0.05, 0) is 12.1 Å².